The van der Waals surface area contributed by atoms with E-state index in [2.05, 4.69) is 26.3 Å². The van der Waals surface area contributed by atoms with Crippen LogP contribution < -0.4 is 5.32 Å². The average Bonchev–Trinajstić information content (AvgIpc) is 2.87. The first-order valence-corrected chi connectivity index (χ1v) is 8.54. The lowest BCUT2D eigenvalue weighted by atomic mass is 10.2. The van der Waals surface area contributed by atoms with E-state index in [1.165, 1.54) is 0 Å². The predicted molar refractivity (Wildman–Crippen MR) is 99.6 cm³/mol. The summed E-state index contributed by atoms with van der Waals surface area (Å²) in [4.78, 5) is 12.3. The number of hydrogen-bond donors (Lipinski definition) is 1. The van der Waals surface area contributed by atoms with Gasteiger partial charge >= 0.3 is 0 Å². The number of aryl methyl sites for hydroxylation is 1. The Morgan fingerprint density at radius 1 is 1.21 bits per heavy atom. The number of carbonyl (C=O) groups is 1. The van der Waals surface area contributed by atoms with E-state index in [1.807, 2.05) is 54.1 Å². The SMILES string of the molecule is Cc1cc(NC(=O)c2ccc(Br)cc2)nn1Cc1cccc(Cl)c1. The van der Waals surface area contributed by atoms with Gasteiger partial charge in [-0.15, -0.1) is 0 Å². The molecule has 3 rings (SSSR count). The summed E-state index contributed by atoms with van der Waals surface area (Å²) in [7, 11) is 0. The van der Waals surface area contributed by atoms with Crippen molar-refractivity contribution in [1.82, 2.24) is 9.78 Å². The first-order chi connectivity index (χ1) is 11.5. The Hall–Kier alpha value is -2.11. The second-order valence-corrected chi connectivity index (χ2v) is 6.77. The molecule has 24 heavy (non-hydrogen) atoms. The van der Waals surface area contributed by atoms with Crippen molar-refractivity contribution in [3.8, 4) is 0 Å². The molecule has 0 fully saturated rings. The average molecular weight is 405 g/mol. The van der Waals surface area contributed by atoms with Crippen molar-refractivity contribution < 1.29 is 4.79 Å². The van der Waals surface area contributed by atoms with E-state index >= 15 is 0 Å². The minimum atomic E-state index is -0.185. The Labute approximate surface area is 153 Å². The normalized spacial score (nSPS) is 10.6. The van der Waals surface area contributed by atoms with Crippen LogP contribution in [-0.4, -0.2) is 15.7 Å². The van der Waals surface area contributed by atoms with Crippen LogP contribution in [-0.2, 0) is 6.54 Å². The third kappa shape index (κ3) is 4.04. The highest BCUT2D eigenvalue weighted by molar-refractivity contribution is 9.10. The van der Waals surface area contributed by atoms with Crippen molar-refractivity contribution in [1.29, 1.82) is 0 Å². The molecule has 6 heteroatoms. The van der Waals surface area contributed by atoms with Crippen LogP contribution in [0.15, 0.2) is 59.1 Å². The molecule has 0 spiro atoms. The van der Waals surface area contributed by atoms with Crippen molar-refractivity contribution in [2.45, 2.75) is 13.5 Å². The molecule has 0 bridgehead atoms. The molecule has 0 atom stereocenters. The number of benzene rings is 2. The fourth-order valence-electron chi connectivity index (χ4n) is 2.33. The number of nitrogens with one attached hydrogen (secondary N) is 1. The zero-order valence-electron chi connectivity index (χ0n) is 13.0. The van der Waals surface area contributed by atoms with E-state index in [9.17, 15) is 4.79 Å². The monoisotopic (exact) mass is 403 g/mol. The third-order valence-corrected chi connectivity index (χ3v) is 4.31. The number of amides is 1. The second kappa shape index (κ2) is 7.20. The zero-order valence-corrected chi connectivity index (χ0v) is 15.3. The van der Waals surface area contributed by atoms with Crippen LogP contribution in [0, 0.1) is 6.92 Å². The topological polar surface area (TPSA) is 46.9 Å². The fraction of sp³-hybridized carbons (Fsp3) is 0.111. The number of hydrogen-bond acceptors (Lipinski definition) is 2. The highest BCUT2D eigenvalue weighted by atomic mass is 79.9. The van der Waals surface area contributed by atoms with E-state index in [-0.39, 0.29) is 5.91 Å². The molecule has 0 saturated carbocycles. The summed E-state index contributed by atoms with van der Waals surface area (Å²) < 4.78 is 2.77. The summed E-state index contributed by atoms with van der Waals surface area (Å²) in [6, 6.07) is 16.7. The van der Waals surface area contributed by atoms with Gasteiger partial charge < -0.3 is 5.32 Å². The van der Waals surface area contributed by atoms with Crippen molar-refractivity contribution in [3.05, 3.63) is 80.9 Å². The Morgan fingerprint density at radius 2 is 1.96 bits per heavy atom. The predicted octanol–water partition coefficient (Wildman–Crippen LogP) is 4.91. The van der Waals surface area contributed by atoms with Gasteiger partial charge in [0.15, 0.2) is 5.82 Å². The molecule has 1 N–H and O–H groups in total. The summed E-state index contributed by atoms with van der Waals surface area (Å²) in [5.41, 5.74) is 2.60. The van der Waals surface area contributed by atoms with E-state index in [0.29, 0.717) is 22.9 Å². The van der Waals surface area contributed by atoms with Gasteiger partial charge in [0.05, 0.1) is 6.54 Å². The molecule has 4 nitrogen and oxygen atoms in total. The molecule has 0 saturated heterocycles. The molecular formula is C18H15BrClN3O. The standard InChI is InChI=1S/C18H15BrClN3O/c1-12-9-17(21-18(24)14-5-7-15(19)8-6-14)22-23(12)11-13-3-2-4-16(20)10-13/h2-10H,11H2,1H3,(H,21,22,24). The maximum atomic E-state index is 12.3. The number of anilines is 1. The van der Waals surface area contributed by atoms with Crippen LogP contribution in [0.3, 0.4) is 0 Å². The number of aromatic nitrogens is 2. The molecule has 1 amide bonds. The van der Waals surface area contributed by atoms with E-state index in [0.717, 1.165) is 15.7 Å². The Morgan fingerprint density at radius 3 is 2.67 bits per heavy atom. The summed E-state index contributed by atoms with van der Waals surface area (Å²) in [5.74, 6) is 0.345. The van der Waals surface area contributed by atoms with Crippen molar-refractivity contribution in [2.24, 2.45) is 0 Å². The molecule has 0 unspecified atom stereocenters. The van der Waals surface area contributed by atoms with E-state index < -0.39 is 0 Å². The summed E-state index contributed by atoms with van der Waals surface area (Å²) in [6.07, 6.45) is 0. The smallest absolute Gasteiger partial charge is 0.256 e. The molecule has 3 aromatic rings. The van der Waals surface area contributed by atoms with Gasteiger partial charge in [-0.2, -0.15) is 5.10 Å². The van der Waals surface area contributed by atoms with Gasteiger partial charge in [-0.3, -0.25) is 9.48 Å². The maximum Gasteiger partial charge on any atom is 0.256 e. The van der Waals surface area contributed by atoms with Gasteiger partial charge in [-0.1, -0.05) is 39.7 Å². The molecule has 2 aromatic carbocycles. The quantitative estimate of drug-likeness (QED) is 0.672. The fourth-order valence-corrected chi connectivity index (χ4v) is 2.81. The zero-order chi connectivity index (χ0) is 17.1. The van der Waals surface area contributed by atoms with Gasteiger partial charge in [0, 0.05) is 26.8 Å². The summed E-state index contributed by atoms with van der Waals surface area (Å²) in [5, 5.41) is 7.97. The van der Waals surface area contributed by atoms with Crippen molar-refractivity contribution in [2.75, 3.05) is 5.32 Å². The lowest BCUT2D eigenvalue weighted by Gasteiger charge is -2.05. The second-order valence-electron chi connectivity index (χ2n) is 5.42. The van der Waals surface area contributed by atoms with E-state index in [4.69, 9.17) is 11.6 Å². The Balaban J connectivity index is 1.74. The molecule has 122 valence electrons. The van der Waals surface area contributed by atoms with Gasteiger partial charge in [-0.05, 0) is 48.9 Å². The number of rotatable bonds is 4. The van der Waals surface area contributed by atoms with Crippen molar-refractivity contribution >= 4 is 39.3 Å². The van der Waals surface area contributed by atoms with Crippen LogP contribution >= 0.6 is 27.5 Å². The van der Waals surface area contributed by atoms with Gasteiger partial charge in [-0.25, -0.2) is 0 Å². The molecule has 0 aliphatic rings. The molecule has 0 aliphatic carbocycles. The van der Waals surface area contributed by atoms with Crippen LogP contribution in [0.4, 0.5) is 5.82 Å². The molecule has 0 aliphatic heterocycles. The van der Waals surface area contributed by atoms with Gasteiger partial charge in [0.2, 0.25) is 0 Å². The maximum absolute atomic E-state index is 12.3. The first-order valence-electron chi connectivity index (χ1n) is 7.37. The highest BCUT2D eigenvalue weighted by Crippen LogP contribution is 2.16. The Kier molecular flexibility index (Phi) is 5.02. The van der Waals surface area contributed by atoms with Crippen LogP contribution in [0.5, 0.6) is 0 Å². The summed E-state index contributed by atoms with van der Waals surface area (Å²) in [6.45, 7) is 2.55. The summed E-state index contributed by atoms with van der Waals surface area (Å²) >= 11 is 9.37. The minimum Gasteiger partial charge on any atom is -0.305 e. The molecule has 1 aromatic heterocycles. The van der Waals surface area contributed by atoms with Gasteiger partial charge in [0.25, 0.3) is 5.91 Å². The number of nitrogens with zero attached hydrogens (tertiary/aromatic N) is 2. The molecule has 0 radical (unpaired) electrons. The lowest BCUT2D eigenvalue weighted by molar-refractivity contribution is 0.102. The largest absolute Gasteiger partial charge is 0.305 e. The van der Waals surface area contributed by atoms with Crippen molar-refractivity contribution in [3.63, 3.8) is 0 Å². The minimum absolute atomic E-state index is 0.185. The highest BCUT2D eigenvalue weighted by Gasteiger charge is 2.10. The third-order valence-electron chi connectivity index (χ3n) is 3.55. The molecular weight excluding hydrogens is 390 g/mol. The Bertz CT molecular complexity index is 874. The number of carbonyl (C=O) groups excluding carboxylic acids is 1. The lowest BCUT2D eigenvalue weighted by Crippen LogP contribution is -2.12. The number of halogens is 2. The molecule has 1 heterocycles. The van der Waals surface area contributed by atoms with Crippen LogP contribution in [0.25, 0.3) is 0 Å². The van der Waals surface area contributed by atoms with Crippen LogP contribution in [0.1, 0.15) is 21.6 Å². The van der Waals surface area contributed by atoms with E-state index in [1.54, 1.807) is 12.1 Å². The first kappa shape index (κ1) is 16.7. The van der Waals surface area contributed by atoms with Gasteiger partial charge in [0.1, 0.15) is 0 Å². The van der Waals surface area contributed by atoms with Crippen LogP contribution in [0.2, 0.25) is 5.02 Å².